The molecule has 25 heavy (non-hydrogen) atoms. The summed E-state index contributed by atoms with van der Waals surface area (Å²) >= 11 is 0. The Balaban J connectivity index is 0.00000312. The van der Waals surface area contributed by atoms with Gasteiger partial charge in [0, 0.05) is 16.7 Å². The largest absolute Gasteiger partial charge is 0.480 e. The van der Waals surface area contributed by atoms with Gasteiger partial charge in [-0.3, -0.25) is 4.79 Å². The molecule has 0 aliphatic rings. The third kappa shape index (κ3) is 5.79. The fourth-order valence-electron chi connectivity index (χ4n) is 1.98. The van der Waals surface area contributed by atoms with E-state index in [2.05, 4.69) is 17.2 Å². The van der Waals surface area contributed by atoms with E-state index in [-0.39, 0.29) is 7.43 Å². The van der Waals surface area contributed by atoms with Crippen molar-refractivity contribution < 1.29 is 19.8 Å². The summed E-state index contributed by atoms with van der Waals surface area (Å²) in [6, 6.07) is 14.7. The van der Waals surface area contributed by atoms with E-state index in [1.807, 2.05) is 30.3 Å². The normalized spacial score (nSPS) is 11.9. The van der Waals surface area contributed by atoms with Crippen LogP contribution in [-0.2, 0) is 4.79 Å². The van der Waals surface area contributed by atoms with Crippen LogP contribution in [0.5, 0.6) is 0 Å². The Bertz CT molecular complexity index is 771. The lowest BCUT2D eigenvalue weighted by atomic mass is 10.1. The zero-order valence-electron chi connectivity index (χ0n) is 13.1. The second-order valence-corrected chi connectivity index (χ2v) is 5.22. The zero-order valence-corrected chi connectivity index (χ0v) is 13.1. The highest BCUT2D eigenvalue weighted by Crippen LogP contribution is 2.05. The highest BCUT2D eigenvalue weighted by molar-refractivity contribution is 5.96. The number of aliphatic hydroxyl groups is 1. The van der Waals surface area contributed by atoms with Crippen molar-refractivity contribution in [1.82, 2.24) is 5.32 Å². The standard InChI is InChI=1S/C19H17NO4.CH4/c1-13(21)17(19(23)24)20-18(22)16-11-9-15(10-12-16)8-7-14-5-3-2-4-6-14;/h2-6,9-13,17,21H,1H3,(H,20,22)(H,23,24);1H4/t13-,17+;/m1./s1. The highest BCUT2D eigenvalue weighted by atomic mass is 16.4. The molecule has 0 saturated carbocycles. The van der Waals surface area contributed by atoms with Crippen molar-refractivity contribution in [3.8, 4) is 11.8 Å². The summed E-state index contributed by atoms with van der Waals surface area (Å²) in [7, 11) is 0. The van der Waals surface area contributed by atoms with Gasteiger partial charge in [-0.05, 0) is 43.3 Å². The first-order chi connectivity index (χ1) is 11.5. The maximum absolute atomic E-state index is 12.0. The number of carboxylic acid groups (broad SMARTS) is 1. The monoisotopic (exact) mass is 339 g/mol. The minimum absolute atomic E-state index is 0. The molecule has 0 aliphatic heterocycles. The van der Waals surface area contributed by atoms with Crippen LogP contribution in [0.2, 0.25) is 0 Å². The van der Waals surface area contributed by atoms with Gasteiger partial charge in [0.2, 0.25) is 0 Å². The number of hydrogen-bond acceptors (Lipinski definition) is 3. The number of hydrogen-bond donors (Lipinski definition) is 3. The first kappa shape index (κ1) is 19.9. The van der Waals surface area contributed by atoms with E-state index in [9.17, 15) is 14.7 Å². The topological polar surface area (TPSA) is 86.6 Å². The predicted molar refractivity (Wildman–Crippen MR) is 96.2 cm³/mol. The second kappa shape index (κ2) is 9.26. The first-order valence-electron chi connectivity index (χ1n) is 7.36. The van der Waals surface area contributed by atoms with E-state index in [1.54, 1.807) is 24.3 Å². The Morgan fingerprint density at radius 3 is 1.96 bits per heavy atom. The van der Waals surface area contributed by atoms with Gasteiger partial charge in [-0.1, -0.05) is 37.5 Å². The third-order valence-electron chi connectivity index (χ3n) is 3.31. The first-order valence-corrected chi connectivity index (χ1v) is 7.36. The average molecular weight is 339 g/mol. The van der Waals surface area contributed by atoms with Gasteiger partial charge in [0.15, 0.2) is 6.04 Å². The van der Waals surface area contributed by atoms with Gasteiger partial charge in [-0.2, -0.15) is 0 Å². The van der Waals surface area contributed by atoms with Crippen LogP contribution >= 0.6 is 0 Å². The summed E-state index contributed by atoms with van der Waals surface area (Å²) in [5.41, 5.74) is 1.92. The summed E-state index contributed by atoms with van der Waals surface area (Å²) in [6.45, 7) is 1.31. The van der Waals surface area contributed by atoms with Crippen LogP contribution in [0.25, 0.3) is 0 Å². The maximum Gasteiger partial charge on any atom is 0.328 e. The molecule has 0 heterocycles. The molecule has 0 saturated heterocycles. The molecule has 2 atom stereocenters. The van der Waals surface area contributed by atoms with Crippen molar-refractivity contribution in [3.05, 3.63) is 71.3 Å². The number of carbonyl (C=O) groups excluding carboxylic acids is 1. The Kier molecular flexibility index (Phi) is 7.39. The fraction of sp³-hybridized carbons (Fsp3) is 0.200. The molecule has 0 bridgehead atoms. The van der Waals surface area contributed by atoms with Crippen LogP contribution in [0.15, 0.2) is 54.6 Å². The van der Waals surface area contributed by atoms with Crippen LogP contribution < -0.4 is 5.32 Å². The Hall–Kier alpha value is -3.10. The molecule has 2 aromatic carbocycles. The van der Waals surface area contributed by atoms with E-state index in [1.165, 1.54) is 6.92 Å². The third-order valence-corrected chi connectivity index (χ3v) is 3.31. The minimum atomic E-state index is -1.35. The molecule has 0 aliphatic carbocycles. The summed E-state index contributed by atoms with van der Waals surface area (Å²) in [5.74, 6) is 4.15. The van der Waals surface area contributed by atoms with E-state index in [4.69, 9.17) is 5.11 Å². The molecular formula is C20H21NO4. The maximum atomic E-state index is 12.0. The molecule has 2 aromatic rings. The van der Waals surface area contributed by atoms with Crippen molar-refractivity contribution >= 4 is 11.9 Å². The highest BCUT2D eigenvalue weighted by Gasteiger charge is 2.25. The molecule has 0 radical (unpaired) electrons. The Morgan fingerprint density at radius 2 is 1.48 bits per heavy atom. The quantitative estimate of drug-likeness (QED) is 0.746. The smallest absolute Gasteiger partial charge is 0.328 e. The summed E-state index contributed by atoms with van der Waals surface area (Å²) in [5, 5.41) is 20.6. The van der Waals surface area contributed by atoms with Gasteiger partial charge in [0.05, 0.1) is 6.10 Å². The molecule has 3 N–H and O–H groups in total. The Labute approximate surface area is 147 Å². The molecule has 0 aromatic heterocycles. The van der Waals surface area contributed by atoms with E-state index in [0.29, 0.717) is 5.56 Å². The van der Waals surface area contributed by atoms with E-state index < -0.39 is 24.0 Å². The lowest BCUT2D eigenvalue weighted by molar-refractivity contribution is -0.141. The van der Waals surface area contributed by atoms with Gasteiger partial charge in [-0.25, -0.2) is 4.79 Å². The van der Waals surface area contributed by atoms with Gasteiger partial charge < -0.3 is 15.5 Å². The van der Waals surface area contributed by atoms with Crippen LogP contribution in [0.3, 0.4) is 0 Å². The molecule has 130 valence electrons. The number of nitrogens with one attached hydrogen (secondary N) is 1. The second-order valence-electron chi connectivity index (χ2n) is 5.22. The Morgan fingerprint density at radius 1 is 0.960 bits per heavy atom. The summed E-state index contributed by atoms with van der Waals surface area (Å²) in [4.78, 5) is 23.0. The van der Waals surface area contributed by atoms with E-state index >= 15 is 0 Å². The number of rotatable bonds is 4. The minimum Gasteiger partial charge on any atom is -0.480 e. The van der Waals surface area contributed by atoms with Crippen molar-refractivity contribution in [2.45, 2.75) is 26.5 Å². The van der Waals surface area contributed by atoms with Gasteiger partial charge in [-0.15, -0.1) is 0 Å². The van der Waals surface area contributed by atoms with Crippen molar-refractivity contribution in [1.29, 1.82) is 0 Å². The molecule has 5 nitrogen and oxygen atoms in total. The molecule has 2 rings (SSSR count). The number of amides is 1. The summed E-state index contributed by atoms with van der Waals surface area (Å²) < 4.78 is 0. The van der Waals surface area contributed by atoms with Crippen molar-refractivity contribution in [2.24, 2.45) is 0 Å². The van der Waals surface area contributed by atoms with Crippen molar-refractivity contribution in [2.75, 3.05) is 0 Å². The van der Waals surface area contributed by atoms with E-state index in [0.717, 1.165) is 11.1 Å². The number of aliphatic carboxylic acids is 1. The number of benzene rings is 2. The van der Waals surface area contributed by atoms with Gasteiger partial charge >= 0.3 is 5.97 Å². The lowest BCUT2D eigenvalue weighted by Crippen LogP contribution is -2.47. The van der Waals surface area contributed by atoms with Crippen LogP contribution in [0, 0.1) is 11.8 Å². The summed E-state index contributed by atoms with van der Waals surface area (Å²) in [6.07, 6.45) is -1.19. The van der Waals surface area contributed by atoms with Gasteiger partial charge in [0.25, 0.3) is 5.91 Å². The zero-order chi connectivity index (χ0) is 17.5. The predicted octanol–water partition coefficient (Wildman–Crippen LogP) is 2.29. The average Bonchev–Trinajstić information content (AvgIpc) is 2.58. The van der Waals surface area contributed by atoms with Crippen LogP contribution in [0.4, 0.5) is 0 Å². The number of aliphatic hydroxyl groups excluding tert-OH is 1. The van der Waals surface area contributed by atoms with Crippen molar-refractivity contribution in [3.63, 3.8) is 0 Å². The lowest BCUT2D eigenvalue weighted by Gasteiger charge is -2.16. The molecule has 1 amide bonds. The number of carboxylic acids is 1. The molecule has 0 unspecified atom stereocenters. The fourth-order valence-corrected chi connectivity index (χ4v) is 1.98. The number of carbonyl (C=O) groups is 2. The van der Waals surface area contributed by atoms with Crippen LogP contribution in [-0.4, -0.2) is 34.2 Å². The SMILES string of the molecule is C.C[C@@H](O)[C@H](NC(=O)c1ccc(C#Cc2ccccc2)cc1)C(=O)O. The molecular weight excluding hydrogens is 318 g/mol. The van der Waals surface area contributed by atoms with Gasteiger partial charge in [0.1, 0.15) is 0 Å². The molecule has 5 heteroatoms. The molecule has 0 fully saturated rings. The van der Waals surface area contributed by atoms with Crippen LogP contribution in [0.1, 0.15) is 35.8 Å². The molecule has 0 spiro atoms.